The number of rotatable bonds is 5. The summed E-state index contributed by atoms with van der Waals surface area (Å²) in [6.45, 7) is 5.53. The number of amides is 1. The summed E-state index contributed by atoms with van der Waals surface area (Å²) in [5, 5.41) is 9.76. The van der Waals surface area contributed by atoms with Crippen molar-refractivity contribution in [2.75, 3.05) is 0 Å². The zero-order chi connectivity index (χ0) is 20.8. The number of thioether (sulfide) groups is 1. The van der Waals surface area contributed by atoms with Gasteiger partial charge >= 0.3 is 5.97 Å². The van der Waals surface area contributed by atoms with Crippen molar-refractivity contribution >= 4 is 23.6 Å². The second-order valence-corrected chi connectivity index (χ2v) is 9.94. The van der Waals surface area contributed by atoms with Crippen molar-refractivity contribution in [3.05, 3.63) is 71.8 Å². The lowest BCUT2D eigenvalue weighted by Crippen LogP contribution is -2.65. The average molecular weight is 412 g/mol. The summed E-state index contributed by atoms with van der Waals surface area (Å²) in [6.07, 6.45) is -1.28. The van der Waals surface area contributed by atoms with Crippen molar-refractivity contribution < 1.29 is 19.4 Å². The highest BCUT2D eigenvalue weighted by Gasteiger charge is 2.65. The Morgan fingerprint density at radius 1 is 1.07 bits per heavy atom. The highest BCUT2D eigenvalue weighted by atomic mass is 32.2. The van der Waals surface area contributed by atoms with Crippen LogP contribution in [-0.4, -0.2) is 44.1 Å². The Labute approximate surface area is 175 Å². The molecular weight excluding hydrogens is 386 g/mol. The van der Waals surface area contributed by atoms with Crippen molar-refractivity contribution in [2.45, 2.75) is 49.1 Å². The first-order chi connectivity index (χ1) is 13.8. The summed E-state index contributed by atoms with van der Waals surface area (Å²) in [6, 6.07) is 18.5. The summed E-state index contributed by atoms with van der Waals surface area (Å²) in [5.74, 6) is -1.06. The van der Waals surface area contributed by atoms with Gasteiger partial charge in [0.2, 0.25) is 5.91 Å². The normalized spacial score (nSPS) is 26.0. The van der Waals surface area contributed by atoms with Gasteiger partial charge < -0.3 is 14.7 Å². The lowest BCUT2D eigenvalue weighted by Gasteiger charge is -2.45. The van der Waals surface area contributed by atoms with Gasteiger partial charge in [0, 0.05) is 4.75 Å². The van der Waals surface area contributed by atoms with Crippen molar-refractivity contribution in [2.24, 2.45) is 5.92 Å². The standard InChI is InChI=1S/C23H25NO4S/c1-14(25)17-20(26)24-19(23(2,3)29-21(17)24)22(27)28-18(15-10-6-4-7-11-15)16-12-8-5-9-13-16/h4-14,17-19,21,25H,1-3H3/t14-,17+,19+,21-/m1/s1. The molecule has 2 aromatic carbocycles. The Balaban J connectivity index is 1.62. The number of hydrogen-bond acceptors (Lipinski definition) is 5. The van der Waals surface area contributed by atoms with E-state index >= 15 is 0 Å². The Bertz CT molecular complexity index is 860. The molecule has 4 atom stereocenters. The zero-order valence-corrected chi connectivity index (χ0v) is 17.5. The minimum atomic E-state index is -0.733. The van der Waals surface area contributed by atoms with Gasteiger partial charge in [-0.05, 0) is 31.9 Å². The molecule has 2 heterocycles. The zero-order valence-electron chi connectivity index (χ0n) is 16.7. The van der Waals surface area contributed by atoms with E-state index in [1.165, 1.54) is 0 Å². The maximum Gasteiger partial charge on any atom is 0.331 e. The number of benzene rings is 2. The smallest absolute Gasteiger partial charge is 0.331 e. The van der Waals surface area contributed by atoms with Crippen LogP contribution in [-0.2, 0) is 14.3 Å². The number of fused-ring (bicyclic) bond motifs is 1. The minimum Gasteiger partial charge on any atom is -0.451 e. The molecule has 2 aliphatic heterocycles. The number of aliphatic hydroxyl groups excluding tert-OH is 1. The van der Waals surface area contributed by atoms with Gasteiger partial charge in [0.15, 0.2) is 6.10 Å². The number of ether oxygens (including phenoxy) is 1. The van der Waals surface area contributed by atoms with Crippen LogP contribution in [0.15, 0.2) is 60.7 Å². The molecule has 152 valence electrons. The molecule has 0 radical (unpaired) electrons. The molecule has 29 heavy (non-hydrogen) atoms. The molecule has 2 saturated heterocycles. The lowest BCUT2D eigenvalue weighted by atomic mass is 9.88. The van der Waals surface area contributed by atoms with Gasteiger partial charge in [-0.25, -0.2) is 4.79 Å². The van der Waals surface area contributed by atoms with Crippen LogP contribution in [0.2, 0.25) is 0 Å². The number of carbonyl (C=O) groups is 2. The van der Waals surface area contributed by atoms with E-state index < -0.39 is 34.9 Å². The third-order valence-corrected chi connectivity index (χ3v) is 7.26. The van der Waals surface area contributed by atoms with Crippen molar-refractivity contribution in [1.82, 2.24) is 4.90 Å². The molecule has 4 rings (SSSR count). The molecule has 1 N–H and O–H groups in total. The van der Waals surface area contributed by atoms with Crippen molar-refractivity contribution in [1.29, 1.82) is 0 Å². The third-order valence-electron chi connectivity index (χ3n) is 5.66. The average Bonchev–Trinajstić information content (AvgIpc) is 2.94. The van der Waals surface area contributed by atoms with Gasteiger partial charge in [0.05, 0.1) is 17.4 Å². The molecular formula is C23H25NO4S. The van der Waals surface area contributed by atoms with Crippen LogP contribution in [0, 0.1) is 5.92 Å². The fraction of sp³-hybridized carbons (Fsp3) is 0.391. The van der Waals surface area contributed by atoms with E-state index in [1.807, 2.05) is 74.5 Å². The van der Waals surface area contributed by atoms with Gasteiger partial charge in [-0.2, -0.15) is 0 Å². The molecule has 1 amide bonds. The maximum absolute atomic E-state index is 13.3. The van der Waals surface area contributed by atoms with E-state index in [0.29, 0.717) is 0 Å². The van der Waals surface area contributed by atoms with Gasteiger partial charge in [0.25, 0.3) is 0 Å². The molecule has 0 aromatic heterocycles. The highest BCUT2D eigenvalue weighted by Crippen LogP contribution is 2.54. The molecule has 0 unspecified atom stereocenters. The Hall–Kier alpha value is -2.31. The lowest BCUT2D eigenvalue weighted by molar-refractivity contribution is -0.172. The Kier molecular flexibility index (Phi) is 5.17. The van der Waals surface area contributed by atoms with Crippen molar-refractivity contribution in [3.63, 3.8) is 0 Å². The fourth-order valence-corrected chi connectivity index (χ4v) is 6.02. The van der Waals surface area contributed by atoms with E-state index in [0.717, 1.165) is 11.1 Å². The van der Waals surface area contributed by atoms with Gasteiger partial charge in [-0.3, -0.25) is 4.79 Å². The number of esters is 1. The van der Waals surface area contributed by atoms with E-state index in [4.69, 9.17) is 4.74 Å². The molecule has 0 spiro atoms. The first-order valence-electron chi connectivity index (χ1n) is 9.79. The van der Waals surface area contributed by atoms with E-state index in [1.54, 1.807) is 23.6 Å². The van der Waals surface area contributed by atoms with Gasteiger partial charge in [-0.15, -0.1) is 11.8 Å². The minimum absolute atomic E-state index is 0.180. The van der Waals surface area contributed by atoms with Crippen LogP contribution < -0.4 is 0 Å². The second-order valence-electron chi connectivity index (χ2n) is 8.16. The number of hydrogen-bond donors (Lipinski definition) is 1. The quantitative estimate of drug-likeness (QED) is 0.604. The fourth-order valence-electron chi connectivity index (χ4n) is 4.23. The van der Waals surface area contributed by atoms with Crippen LogP contribution in [0.5, 0.6) is 0 Å². The van der Waals surface area contributed by atoms with Crippen LogP contribution in [0.3, 0.4) is 0 Å². The predicted octanol–water partition coefficient (Wildman–Crippen LogP) is 3.38. The summed E-state index contributed by atoms with van der Waals surface area (Å²) in [7, 11) is 0. The van der Waals surface area contributed by atoms with Crippen LogP contribution in [0.1, 0.15) is 38.0 Å². The molecule has 0 aliphatic carbocycles. The monoisotopic (exact) mass is 411 g/mol. The van der Waals surface area contributed by atoms with Crippen LogP contribution >= 0.6 is 11.8 Å². The van der Waals surface area contributed by atoms with Crippen molar-refractivity contribution in [3.8, 4) is 0 Å². The van der Waals surface area contributed by atoms with Crippen LogP contribution in [0.4, 0.5) is 0 Å². The summed E-state index contributed by atoms with van der Waals surface area (Å²) in [4.78, 5) is 27.6. The summed E-state index contributed by atoms with van der Waals surface area (Å²) < 4.78 is 5.53. The topological polar surface area (TPSA) is 66.8 Å². The third kappa shape index (κ3) is 3.45. The predicted molar refractivity (Wildman–Crippen MR) is 112 cm³/mol. The molecule has 2 fully saturated rings. The van der Waals surface area contributed by atoms with E-state index in [2.05, 4.69) is 0 Å². The first-order valence-corrected chi connectivity index (χ1v) is 10.7. The van der Waals surface area contributed by atoms with Gasteiger partial charge in [-0.1, -0.05) is 60.7 Å². The van der Waals surface area contributed by atoms with E-state index in [9.17, 15) is 14.7 Å². The highest BCUT2D eigenvalue weighted by molar-refractivity contribution is 8.01. The Morgan fingerprint density at radius 3 is 2.07 bits per heavy atom. The van der Waals surface area contributed by atoms with Gasteiger partial charge in [0.1, 0.15) is 6.04 Å². The summed E-state index contributed by atoms with van der Waals surface area (Å²) in [5.41, 5.74) is 1.76. The van der Waals surface area contributed by atoms with Crippen LogP contribution in [0.25, 0.3) is 0 Å². The molecule has 2 aromatic rings. The molecule has 0 saturated carbocycles. The number of nitrogens with zero attached hydrogens (tertiary/aromatic N) is 1. The molecule has 2 aliphatic rings. The summed E-state index contributed by atoms with van der Waals surface area (Å²) >= 11 is 1.56. The number of carbonyl (C=O) groups excluding carboxylic acids is 2. The Morgan fingerprint density at radius 2 is 1.59 bits per heavy atom. The largest absolute Gasteiger partial charge is 0.451 e. The second kappa shape index (κ2) is 7.50. The number of aliphatic hydroxyl groups is 1. The molecule has 0 bridgehead atoms. The molecule has 6 heteroatoms. The maximum atomic E-state index is 13.3. The molecule has 5 nitrogen and oxygen atoms in total. The van der Waals surface area contributed by atoms with E-state index in [-0.39, 0.29) is 11.3 Å². The number of β-lactam (4-membered cyclic amide) rings is 1. The SMILES string of the molecule is C[C@@H](O)[C@H]1C(=O)N2[C@@H]1SC(C)(C)[C@@H]2C(=O)OC(c1ccccc1)c1ccccc1. The first kappa shape index (κ1) is 20.0.